The molecule has 1 saturated carbocycles. The molecule has 0 radical (unpaired) electrons. The van der Waals surface area contributed by atoms with Gasteiger partial charge in [-0.3, -0.25) is 0 Å². The standard InChI is InChI=1S/C12H14ClN3/c1-12(6-3-7-12)16-10-8(13)4-2-5-9(10)15-11(16)14/h2,4-5H,3,6-7H2,1H3,(H2,14,15). The van der Waals surface area contributed by atoms with Gasteiger partial charge in [-0.15, -0.1) is 0 Å². The van der Waals surface area contributed by atoms with Crippen molar-refractivity contribution in [2.75, 3.05) is 5.73 Å². The zero-order valence-electron chi connectivity index (χ0n) is 9.20. The van der Waals surface area contributed by atoms with Crippen LogP contribution in [0.1, 0.15) is 26.2 Å². The molecule has 84 valence electrons. The fourth-order valence-electron chi connectivity index (χ4n) is 2.56. The SMILES string of the molecule is CC1(n2c(N)nc3cccc(Cl)c32)CCC1. The summed E-state index contributed by atoms with van der Waals surface area (Å²) in [6.07, 6.45) is 3.54. The summed E-state index contributed by atoms with van der Waals surface area (Å²) >= 11 is 6.25. The van der Waals surface area contributed by atoms with Crippen LogP contribution in [0, 0.1) is 0 Å². The Balaban J connectivity index is 2.34. The Morgan fingerprint density at radius 2 is 2.19 bits per heavy atom. The maximum atomic E-state index is 6.25. The molecule has 1 aliphatic carbocycles. The number of para-hydroxylation sites is 1. The highest BCUT2D eigenvalue weighted by molar-refractivity contribution is 6.35. The lowest BCUT2D eigenvalue weighted by molar-refractivity contribution is 0.177. The third-order valence-electron chi connectivity index (χ3n) is 3.62. The van der Waals surface area contributed by atoms with E-state index in [9.17, 15) is 0 Å². The fourth-order valence-corrected chi connectivity index (χ4v) is 2.82. The second kappa shape index (κ2) is 3.14. The molecular weight excluding hydrogens is 222 g/mol. The molecule has 0 aliphatic heterocycles. The number of rotatable bonds is 1. The van der Waals surface area contributed by atoms with E-state index in [0.717, 1.165) is 28.9 Å². The fraction of sp³-hybridized carbons (Fsp3) is 0.417. The number of nitrogens with two attached hydrogens (primary N) is 1. The Kier molecular flexibility index (Phi) is 1.96. The second-order valence-corrected chi connectivity index (χ2v) is 5.17. The molecular formula is C12H14ClN3. The Bertz CT molecular complexity index is 555. The van der Waals surface area contributed by atoms with Crippen molar-refractivity contribution in [3.8, 4) is 0 Å². The number of nitrogens with zero attached hydrogens (tertiary/aromatic N) is 2. The lowest BCUT2D eigenvalue weighted by atomic mass is 9.78. The Morgan fingerprint density at radius 3 is 2.81 bits per heavy atom. The van der Waals surface area contributed by atoms with Gasteiger partial charge in [-0.05, 0) is 38.3 Å². The number of anilines is 1. The summed E-state index contributed by atoms with van der Waals surface area (Å²) in [6, 6.07) is 5.75. The highest BCUT2D eigenvalue weighted by Gasteiger charge is 2.36. The van der Waals surface area contributed by atoms with Crippen molar-refractivity contribution in [2.24, 2.45) is 0 Å². The largest absolute Gasteiger partial charge is 0.369 e. The van der Waals surface area contributed by atoms with E-state index in [-0.39, 0.29) is 5.54 Å². The highest BCUT2D eigenvalue weighted by atomic mass is 35.5. The molecule has 1 aromatic heterocycles. The predicted molar refractivity (Wildman–Crippen MR) is 66.7 cm³/mol. The van der Waals surface area contributed by atoms with Crippen molar-refractivity contribution in [2.45, 2.75) is 31.7 Å². The second-order valence-electron chi connectivity index (χ2n) is 4.76. The van der Waals surface area contributed by atoms with E-state index in [4.69, 9.17) is 17.3 Å². The monoisotopic (exact) mass is 235 g/mol. The van der Waals surface area contributed by atoms with Crippen LogP contribution >= 0.6 is 11.6 Å². The summed E-state index contributed by atoms with van der Waals surface area (Å²) < 4.78 is 2.11. The summed E-state index contributed by atoms with van der Waals surface area (Å²) in [5.41, 5.74) is 7.97. The average Bonchev–Trinajstić information content (AvgIpc) is 2.53. The van der Waals surface area contributed by atoms with Gasteiger partial charge < -0.3 is 10.3 Å². The van der Waals surface area contributed by atoms with Crippen molar-refractivity contribution in [3.05, 3.63) is 23.2 Å². The van der Waals surface area contributed by atoms with E-state index < -0.39 is 0 Å². The van der Waals surface area contributed by atoms with Crippen LogP contribution < -0.4 is 5.73 Å². The first-order valence-corrected chi connectivity index (χ1v) is 5.92. The van der Waals surface area contributed by atoms with Gasteiger partial charge in [0.05, 0.1) is 16.1 Å². The van der Waals surface area contributed by atoms with Crippen LogP contribution in [0.25, 0.3) is 11.0 Å². The van der Waals surface area contributed by atoms with Crippen LogP contribution in [0.2, 0.25) is 5.02 Å². The molecule has 16 heavy (non-hydrogen) atoms. The molecule has 0 bridgehead atoms. The Labute approximate surface area is 99.2 Å². The summed E-state index contributed by atoms with van der Waals surface area (Å²) in [6.45, 7) is 2.22. The predicted octanol–water partition coefficient (Wildman–Crippen LogP) is 3.17. The Hall–Kier alpha value is -1.22. The molecule has 3 nitrogen and oxygen atoms in total. The molecule has 0 saturated heterocycles. The maximum absolute atomic E-state index is 6.25. The van der Waals surface area contributed by atoms with Crippen molar-refractivity contribution in [1.82, 2.24) is 9.55 Å². The van der Waals surface area contributed by atoms with Crippen molar-refractivity contribution in [3.63, 3.8) is 0 Å². The van der Waals surface area contributed by atoms with Gasteiger partial charge in [-0.25, -0.2) is 4.98 Å². The molecule has 1 fully saturated rings. The third kappa shape index (κ3) is 1.18. The molecule has 2 aromatic rings. The first-order chi connectivity index (χ1) is 7.62. The molecule has 1 heterocycles. The zero-order valence-corrected chi connectivity index (χ0v) is 9.96. The Morgan fingerprint density at radius 1 is 1.44 bits per heavy atom. The molecule has 2 N–H and O–H groups in total. The molecule has 0 atom stereocenters. The number of hydrogen-bond donors (Lipinski definition) is 1. The van der Waals surface area contributed by atoms with Crippen LogP contribution in [-0.2, 0) is 5.54 Å². The average molecular weight is 236 g/mol. The summed E-state index contributed by atoms with van der Waals surface area (Å²) in [4.78, 5) is 4.38. The van der Waals surface area contributed by atoms with Gasteiger partial charge in [-0.2, -0.15) is 0 Å². The number of fused-ring (bicyclic) bond motifs is 1. The molecule has 4 heteroatoms. The van der Waals surface area contributed by atoms with Gasteiger partial charge >= 0.3 is 0 Å². The number of nitrogen functional groups attached to an aromatic ring is 1. The van der Waals surface area contributed by atoms with Crippen molar-refractivity contribution >= 4 is 28.6 Å². The van der Waals surface area contributed by atoms with Crippen LogP contribution in [0.4, 0.5) is 5.95 Å². The van der Waals surface area contributed by atoms with E-state index >= 15 is 0 Å². The van der Waals surface area contributed by atoms with E-state index in [1.54, 1.807) is 0 Å². The highest BCUT2D eigenvalue weighted by Crippen LogP contribution is 2.43. The number of hydrogen-bond acceptors (Lipinski definition) is 2. The molecule has 1 aliphatic rings. The normalized spacial score (nSPS) is 18.6. The van der Waals surface area contributed by atoms with Crippen molar-refractivity contribution in [1.29, 1.82) is 0 Å². The summed E-state index contributed by atoms with van der Waals surface area (Å²) in [5, 5.41) is 0.731. The van der Waals surface area contributed by atoms with Gasteiger partial charge in [0.1, 0.15) is 0 Å². The smallest absolute Gasteiger partial charge is 0.201 e. The minimum atomic E-state index is 0.101. The van der Waals surface area contributed by atoms with E-state index in [1.807, 2.05) is 18.2 Å². The minimum absolute atomic E-state index is 0.101. The zero-order chi connectivity index (χ0) is 11.3. The van der Waals surface area contributed by atoms with E-state index in [0.29, 0.717) is 5.95 Å². The van der Waals surface area contributed by atoms with Gasteiger partial charge in [-0.1, -0.05) is 17.7 Å². The maximum Gasteiger partial charge on any atom is 0.201 e. The molecule has 0 unspecified atom stereocenters. The molecule has 0 amide bonds. The van der Waals surface area contributed by atoms with Crippen LogP contribution in [0.15, 0.2) is 18.2 Å². The van der Waals surface area contributed by atoms with Gasteiger partial charge in [0.25, 0.3) is 0 Å². The number of imidazole rings is 1. The molecule has 3 rings (SSSR count). The summed E-state index contributed by atoms with van der Waals surface area (Å²) in [5.74, 6) is 0.574. The first kappa shape index (κ1) is 9.97. The van der Waals surface area contributed by atoms with Crippen LogP contribution in [-0.4, -0.2) is 9.55 Å². The van der Waals surface area contributed by atoms with Gasteiger partial charge in [0, 0.05) is 5.54 Å². The molecule has 0 spiro atoms. The number of aromatic nitrogens is 2. The van der Waals surface area contributed by atoms with Gasteiger partial charge in [0.15, 0.2) is 0 Å². The lowest BCUT2D eigenvalue weighted by Crippen LogP contribution is -2.37. The van der Waals surface area contributed by atoms with Crippen LogP contribution in [0.3, 0.4) is 0 Å². The van der Waals surface area contributed by atoms with Crippen LogP contribution in [0.5, 0.6) is 0 Å². The quantitative estimate of drug-likeness (QED) is 0.825. The first-order valence-electron chi connectivity index (χ1n) is 5.55. The van der Waals surface area contributed by atoms with E-state index in [1.165, 1.54) is 6.42 Å². The number of halogens is 1. The van der Waals surface area contributed by atoms with Crippen molar-refractivity contribution < 1.29 is 0 Å². The molecule has 1 aromatic carbocycles. The van der Waals surface area contributed by atoms with E-state index in [2.05, 4.69) is 16.5 Å². The third-order valence-corrected chi connectivity index (χ3v) is 3.93. The van der Waals surface area contributed by atoms with Gasteiger partial charge in [0.2, 0.25) is 5.95 Å². The minimum Gasteiger partial charge on any atom is -0.369 e. The summed E-state index contributed by atoms with van der Waals surface area (Å²) in [7, 11) is 0. The number of benzene rings is 1. The topological polar surface area (TPSA) is 43.8 Å². The lowest BCUT2D eigenvalue weighted by Gasteiger charge is -2.40.